The second-order valence-corrected chi connectivity index (χ2v) is 6.36. The van der Waals surface area contributed by atoms with E-state index in [1.807, 2.05) is 10.3 Å². The molecule has 0 spiro atoms. The van der Waals surface area contributed by atoms with E-state index >= 15 is 0 Å². The highest BCUT2D eigenvalue weighted by atomic mass is 32.1. The van der Waals surface area contributed by atoms with Gasteiger partial charge in [-0.05, 0) is 25.0 Å². The van der Waals surface area contributed by atoms with Crippen LogP contribution in [0.3, 0.4) is 0 Å². The Labute approximate surface area is 140 Å². The van der Waals surface area contributed by atoms with Crippen molar-refractivity contribution in [3.8, 4) is 11.5 Å². The van der Waals surface area contributed by atoms with E-state index in [-0.39, 0.29) is 23.4 Å². The molecule has 24 heavy (non-hydrogen) atoms. The van der Waals surface area contributed by atoms with Crippen LogP contribution in [0, 0.1) is 0 Å². The number of nitrogens with zero attached hydrogens (tertiary/aromatic N) is 2. The third-order valence-electron chi connectivity index (χ3n) is 3.89. The number of nitrogens with one attached hydrogen (secondary N) is 1. The molecule has 2 aromatic rings. The quantitative estimate of drug-likeness (QED) is 0.919. The first-order valence-electron chi connectivity index (χ1n) is 7.39. The van der Waals surface area contributed by atoms with Gasteiger partial charge in [0.2, 0.25) is 5.91 Å². The van der Waals surface area contributed by atoms with E-state index in [9.17, 15) is 13.6 Å². The van der Waals surface area contributed by atoms with Gasteiger partial charge in [0.1, 0.15) is 6.04 Å². The normalized spacial score (nSPS) is 21.1. The number of carbonyl (C=O) groups is 1. The Morgan fingerprint density at radius 3 is 3.00 bits per heavy atom. The maximum absolute atomic E-state index is 13.0. The molecule has 0 aliphatic carbocycles. The van der Waals surface area contributed by atoms with Gasteiger partial charge in [-0.2, -0.15) is 0 Å². The Bertz CT molecular complexity index is 769. The predicted molar refractivity (Wildman–Crippen MR) is 83.8 cm³/mol. The van der Waals surface area contributed by atoms with Crippen LogP contribution in [0.25, 0.3) is 0 Å². The minimum atomic E-state index is -3.67. The third-order valence-corrected chi connectivity index (χ3v) is 4.70. The van der Waals surface area contributed by atoms with Crippen molar-refractivity contribution >= 4 is 28.1 Å². The molecule has 4 rings (SSSR count). The van der Waals surface area contributed by atoms with E-state index in [2.05, 4.69) is 19.8 Å². The number of fused-ring (bicyclic) bond motifs is 1. The molecule has 9 heteroatoms. The minimum absolute atomic E-state index is 0.0525. The molecular formula is C15H13F2N3O3S. The molecule has 1 saturated heterocycles. The number of hydrogen-bond donors (Lipinski definition) is 1. The highest BCUT2D eigenvalue weighted by molar-refractivity contribution is 7.13. The number of alkyl halides is 2. The van der Waals surface area contributed by atoms with Crippen LogP contribution in [-0.4, -0.2) is 29.8 Å². The number of anilines is 2. The van der Waals surface area contributed by atoms with Crippen LogP contribution in [0.2, 0.25) is 0 Å². The van der Waals surface area contributed by atoms with Crippen LogP contribution in [0.5, 0.6) is 11.5 Å². The Kier molecular flexibility index (Phi) is 3.52. The first-order valence-corrected chi connectivity index (χ1v) is 8.27. The lowest BCUT2D eigenvalue weighted by Crippen LogP contribution is -2.39. The SMILES string of the molecule is O=C(Nc1ccc2c(c1)OC(F)(F)O2)[C@@H]1CCCN1c1nccs1. The summed E-state index contributed by atoms with van der Waals surface area (Å²) in [5.41, 5.74) is 0.381. The van der Waals surface area contributed by atoms with Crippen LogP contribution in [0.4, 0.5) is 19.6 Å². The van der Waals surface area contributed by atoms with Crippen molar-refractivity contribution < 1.29 is 23.0 Å². The van der Waals surface area contributed by atoms with Crippen LogP contribution < -0.4 is 19.7 Å². The second kappa shape index (κ2) is 5.59. The predicted octanol–water partition coefficient (Wildman–Crippen LogP) is 3.07. The molecule has 2 aliphatic heterocycles. The summed E-state index contributed by atoms with van der Waals surface area (Å²) in [6.45, 7) is 0.763. The number of carbonyl (C=O) groups excluding carboxylic acids is 1. The molecule has 1 fully saturated rings. The summed E-state index contributed by atoms with van der Waals surface area (Å²) in [6, 6.07) is 3.85. The van der Waals surface area contributed by atoms with E-state index in [0.29, 0.717) is 12.1 Å². The summed E-state index contributed by atoms with van der Waals surface area (Å²) < 4.78 is 34.8. The molecule has 2 aliphatic rings. The van der Waals surface area contributed by atoms with Gasteiger partial charge in [0, 0.05) is 29.9 Å². The van der Waals surface area contributed by atoms with Gasteiger partial charge in [-0.1, -0.05) is 0 Å². The lowest BCUT2D eigenvalue weighted by molar-refractivity contribution is -0.286. The summed E-state index contributed by atoms with van der Waals surface area (Å²) in [7, 11) is 0. The van der Waals surface area contributed by atoms with Crippen LogP contribution >= 0.6 is 11.3 Å². The summed E-state index contributed by atoms with van der Waals surface area (Å²) in [5.74, 6) is -0.349. The minimum Gasteiger partial charge on any atom is -0.395 e. The summed E-state index contributed by atoms with van der Waals surface area (Å²) in [4.78, 5) is 18.8. The highest BCUT2D eigenvalue weighted by Crippen LogP contribution is 2.42. The Balaban J connectivity index is 1.49. The first kappa shape index (κ1) is 15.1. The fourth-order valence-electron chi connectivity index (χ4n) is 2.88. The van der Waals surface area contributed by atoms with Gasteiger partial charge in [-0.3, -0.25) is 4.79 Å². The second-order valence-electron chi connectivity index (χ2n) is 5.48. The molecular weight excluding hydrogens is 340 g/mol. The highest BCUT2D eigenvalue weighted by Gasteiger charge is 2.43. The van der Waals surface area contributed by atoms with Gasteiger partial charge in [0.05, 0.1) is 0 Å². The molecule has 1 atom stereocenters. The molecule has 1 aromatic carbocycles. The van der Waals surface area contributed by atoms with E-state index in [1.165, 1.54) is 29.5 Å². The smallest absolute Gasteiger partial charge is 0.395 e. The van der Waals surface area contributed by atoms with Crippen molar-refractivity contribution in [1.29, 1.82) is 0 Å². The zero-order valence-electron chi connectivity index (χ0n) is 12.4. The largest absolute Gasteiger partial charge is 0.586 e. The monoisotopic (exact) mass is 353 g/mol. The standard InChI is InChI=1S/C15H13F2N3O3S/c16-15(17)22-11-4-3-9(8-12(11)23-15)19-13(21)10-2-1-6-20(10)14-18-5-7-24-14/h3-5,7-8,10H,1-2,6H2,(H,19,21)/t10-/m0/s1. The van der Waals surface area contributed by atoms with Gasteiger partial charge in [0.15, 0.2) is 16.6 Å². The fraction of sp³-hybridized carbons (Fsp3) is 0.333. The number of hydrogen-bond acceptors (Lipinski definition) is 6. The summed E-state index contributed by atoms with van der Waals surface area (Å²) in [6.07, 6.45) is -0.359. The molecule has 0 unspecified atom stereocenters. The van der Waals surface area contributed by atoms with E-state index in [4.69, 9.17) is 0 Å². The third kappa shape index (κ3) is 2.75. The fourth-order valence-corrected chi connectivity index (χ4v) is 3.60. The molecule has 1 aromatic heterocycles. The molecule has 1 amide bonds. The first-order chi connectivity index (χ1) is 11.5. The molecule has 3 heterocycles. The lowest BCUT2D eigenvalue weighted by Gasteiger charge is -2.23. The van der Waals surface area contributed by atoms with Crippen LogP contribution in [-0.2, 0) is 4.79 Å². The zero-order valence-corrected chi connectivity index (χ0v) is 13.2. The molecule has 6 nitrogen and oxygen atoms in total. The topological polar surface area (TPSA) is 63.7 Å². The number of ether oxygens (including phenoxy) is 2. The van der Waals surface area contributed by atoms with Crippen molar-refractivity contribution in [3.63, 3.8) is 0 Å². The summed E-state index contributed by atoms with van der Waals surface area (Å²) in [5, 5.41) is 5.41. The van der Waals surface area contributed by atoms with Gasteiger partial charge < -0.3 is 19.7 Å². The number of rotatable bonds is 3. The molecule has 0 saturated carbocycles. The molecule has 1 N–H and O–H groups in total. The van der Waals surface area contributed by atoms with E-state index in [1.54, 1.807) is 6.20 Å². The number of amides is 1. The van der Waals surface area contributed by atoms with Crippen LogP contribution in [0.15, 0.2) is 29.8 Å². The number of aromatic nitrogens is 1. The van der Waals surface area contributed by atoms with Crippen LogP contribution in [0.1, 0.15) is 12.8 Å². The average Bonchev–Trinajstić information content (AvgIpc) is 3.24. The van der Waals surface area contributed by atoms with Crippen molar-refractivity contribution in [1.82, 2.24) is 4.98 Å². The van der Waals surface area contributed by atoms with Crippen molar-refractivity contribution in [2.75, 3.05) is 16.8 Å². The Hall–Kier alpha value is -2.42. The molecule has 0 radical (unpaired) electrons. The van der Waals surface area contributed by atoms with Gasteiger partial charge in [0.25, 0.3) is 0 Å². The molecule has 0 bridgehead atoms. The van der Waals surface area contributed by atoms with Crippen molar-refractivity contribution in [3.05, 3.63) is 29.8 Å². The lowest BCUT2D eigenvalue weighted by atomic mass is 10.2. The zero-order chi connectivity index (χ0) is 16.7. The number of thiazole rings is 1. The number of benzene rings is 1. The Morgan fingerprint density at radius 1 is 1.38 bits per heavy atom. The maximum atomic E-state index is 13.0. The number of halogens is 2. The van der Waals surface area contributed by atoms with E-state index in [0.717, 1.165) is 18.1 Å². The van der Waals surface area contributed by atoms with Gasteiger partial charge >= 0.3 is 6.29 Å². The average molecular weight is 353 g/mol. The Morgan fingerprint density at radius 2 is 2.21 bits per heavy atom. The van der Waals surface area contributed by atoms with Crippen molar-refractivity contribution in [2.24, 2.45) is 0 Å². The molecule has 126 valence electrons. The summed E-state index contributed by atoms with van der Waals surface area (Å²) >= 11 is 1.48. The van der Waals surface area contributed by atoms with Gasteiger partial charge in [-0.25, -0.2) is 4.98 Å². The maximum Gasteiger partial charge on any atom is 0.586 e. The van der Waals surface area contributed by atoms with E-state index < -0.39 is 6.29 Å². The van der Waals surface area contributed by atoms with Gasteiger partial charge in [-0.15, -0.1) is 20.1 Å². The van der Waals surface area contributed by atoms with Crippen molar-refractivity contribution in [2.45, 2.75) is 25.2 Å².